The summed E-state index contributed by atoms with van der Waals surface area (Å²) in [5.74, 6) is 0.509. The third-order valence-electron chi connectivity index (χ3n) is 4.95. The number of carbonyl (C=O) groups excluding carboxylic acids is 1. The molecule has 0 unspecified atom stereocenters. The van der Waals surface area contributed by atoms with Crippen LogP contribution in [0.25, 0.3) is 0 Å². The van der Waals surface area contributed by atoms with E-state index in [2.05, 4.69) is 40.0 Å². The number of hydrogen-bond acceptors (Lipinski definition) is 3. The van der Waals surface area contributed by atoms with Crippen LogP contribution in [0.4, 0.5) is 9.18 Å². The van der Waals surface area contributed by atoms with E-state index in [4.69, 9.17) is 0 Å². The molecule has 1 aliphatic heterocycles. The molecule has 26 heavy (non-hydrogen) atoms. The van der Waals surface area contributed by atoms with Crippen molar-refractivity contribution in [1.82, 2.24) is 15.5 Å². The van der Waals surface area contributed by atoms with E-state index in [1.807, 2.05) is 0 Å². The van der Waals surface area contributed by atoms with Gasteiger partial charge in [-0.2, -0.15) is 0 Å². The highest BCUT2D eigenvalue weighted by molar-refractivity contribution is 7.10. The molecule has 0 aliphatic carbocycles. The molecule has 1 aromatic heterocycles. The largest absolute Gasteiger partial charge is 0.336 e. The fourth-order valence-corrected chi connectivity index (χ4v) is 4.13. The summed E-state index contributed by atoms with van der Waals surface area (Å²) in [4.78, 5) is 15.9. The van der Waals surface area contributed by atoms with Crippen LogP contribution in [0.1, 0.15) is 36.2 Å². The lowest BCUT2D eigenvalue weighted by Gasteiger charge is -2.36. The van der Waals surface area contributed by atoms with Crippen molar-refractivity contribution in [2.45, 2.75) is 32.4 Å². The van der Waals surface area contributed by atoms with Gasteiger partial charge in [0.25, 0.3) is 0 Å². The Kier molecular flexibility index (Phi) is 6.63. The second-order valence-electron chi connectivity index (χ2n) is 6.94. The van der Waals surface area contributed by atoms with Crippen LogP contribution in [-0.4, -0.2) is 30.6 Å². The van der Waals surface area contributed by atoms with Crippen LogP contribution in [0, 0.1) is 11.7 Å². The van der Waals surface area contributed by atoms with Crippen molar-refractivity contribution in [3.8, 4) is 0 Å². The lowest BCUT2D eigenvalue weighted by Crippen LogP contribution is -2.44. The average molecular weight is 376 g/mol. The van der Waals surface area contributed by atoms with Crippen molar-refractivity contribution >= 4 is 17.4 Å². The smallest absolute Gasteiger partial charge is 0.315 e. The second-order valence-corrected chi connectivity index (χ2v) is 7.92. The first-order valence-electron chi connectivity index (χ1n) is 9.15. The first kappa shape index (κ1) is 18.9. The summed E-state index contributed by atoms with van der Waals surface area (Å²) in [6, 6.07) is 10.4. The molecule has 2 heterocycles. The molecule has 1 fully saturated rings. The fraction of sp³-hybridized carbons (Fsp3) is 0.450. The molecule has 2 amide bonds. The van der Waals surface area contributed by atoms with Gasteiger partial charge in [-0.3, -0.25) is 4.90 Å². The fourth-order valence-electron chi connectivity index (χ4n) is 3.27. The number of nitrogens with one attached hydrogen (secondary N) is 2. The lowest BCUT2D eigenvalue weighted by atomic mass is 9.97. The highest BCUT2D eigenvalue weighted by atomic mass is 32.1. The number of urea groups is 1. The minimum Gasteiger partial charge on any atom is -0.336 e. The standard InChI is InChI=1S/C20H26FN3OS/c1-15-8-10-24(11-9-15)18(19-3-2-12-26-19)14-23-20(25)22-13-16-4-6-17(21)7-5-16/h2-7,12,15,18H,8-11,13-14H2,1H3,(H2,22,23,25)/t18-/m0/s1. The molecule has 2 aromatic rings. The second kappa shape index (κ2) is 9.14. The van der Waals surface area contributed by atoms with Gasteiger partial charge in [0.1, 0.15) is 5.82 Å². The predicted molar refractivity (Wildman–Crippen MR) is 104 cm³/mol. The zero-order valence-electron chi connectivity index (χ0n) is 15.1. The number of halogens is 1. The average Bonchev–Trinajstić information content (AvgIpc) is 3.17. The number of benzene rings is 1. The van der Waals surface area contributed by atoms with Gasteiger partial charge in [-0.05, 0) is 61.0 Å². The predicted octanol–water partition coefficient (Wildman–Crippen LogP) is 4.16. The topological polar surface area (TPSA) is 44.4 Å². The molecule has 6 heteroatoms. The molecule has 1 saturated heterocycles. The minimum absolute atomic E-state index is 0.193. The van der Waals surface area contributed by atoms with Gasteiger partial charge in [0.2, 0.25) is 0 Å². The Balaban J connectivity index is 1.52. The summed E-state index contributed by atoms with van der Waals surface area (Å²) in [5, 5.41) is 7.93. The Bertz CT molecular complexity index is 682. The first-order chi connectivity index (χ1) is 12.6. The quantitative estimate of drug-likeness (QED) is 0.796. The maximum atomic E-state index is 12.9. The van der Waals surface area contributed by atoms with E-state index in [1.165, 1.54) is 29.9 Å². The van der Waals surface area contributed by atoms with Crippen LogP contribution >= 0.6 is 11.3 Å². The van der Waals surface area contributed by atoms with Gasteiger partial charge < -0.3 is 10.6 Å². The molecule has 1 atom stereocenters. The van der Waals surface area contributed by atoms with Crippen molar-refractivity contribution in [3.05, 3.63) is 58.0 Å². The van der Waals surface area contributed by atoms with Gasteiger partial charge in [0.05, 0.1) is 6.04 Å². The number of likely N-dealkylation sites (tertiary alicyclic amines) is 1. The molecule has 2 N–H and O–H groups in total. The van der Waals surface area contributed by atoms with Crippen LogP contribution in [0.15, 0.2) is 41.8 Å². The Hall–Kier alpha value is -1.92. The summed E-state index contributed by atoms with van der Waals surface area (Å²) in [6.07, 6.45) is 2.41. The number of nitrogens with zero attached hydrogens (tertiary/aromatic N) is 1. The first-order valence-corrected chi connectivity index (χ1v) is 10.0. The normalized spacial score (nSPS) is 17.0. The Morgan fingerprint density at radius 1 is 1.23 bits per heavy atom. The zero-order valence-corrected chi connectivity index (χ0v) is 15.9. The molecule has 0 bridgehead atoms. The van der Waals surface area contributed by atoms with Gasteiger partial charge in [0.15, 0.2) is 0 Å². The van der Waals surface area contributed by atoms with Crippen molar-refractivity contribution in [3.63, 3.8) is 0 Å². The van der Waals surface area contributed by atoms with Crippen molar-refractivity contribution < 1.29 is 9.18 Å². The van der Waals surface area contributed by atoms with Crippen LogP contribution in [0.2, 0.25) is 0 Å². The van der Waals surface area contributed by atoms with Crippen molar-refractivity contribution in [2.24, 2.45) is 5.92 Å². The minimum atomic E-state index is -0.271. The van der Waals surface area contributed by atoms with E-state index < -0.39 is 0 Å². The summed E-state index contributed by atoms with van der Waals surface area (Å²) < 4.78 is 12.9. The van der Waals surface area contributed by atoms with Crippen molar-refractivity contribution in [2.75, 3.05) is 19.6 Å². The van der Waals surface area contributed by atoms with Gasteiger partial charge >= 0.3 is 6.03 Å². The highest BCUT2D eigenvalue weighted by Crippen LogP contribution is 2.29. The van der Waals surface area contributed by atoms with Gasteiger partial charge in [-0.25, -0.2) is 9.18 Å². The number of thiophene rings is 1. The van der Waals surface area contributed by atoms with Crippen molar-refractivity contribution in [1.29, 1.82) is 0 Å². The zero-order chi connectivity index (χ0) is 18.4. The Morgan fingerprint density at radius 2 is 1.96 bits per heavy atom. The number of piperidine rings is 1. The lowest BCUT2D eigenvalue weighted by molar-refractivity contribution is 0.138. The molecule has 0 saturated carbocycles. The number of amides is 2. The third kappa shape index (κ3) is 5.29. The SMILES string of the molecule is CC1CCN([C@@H](CNC(=O)NCc2ccc(F)cc2)c2cccs2)CC1. The van der Waals surface area contributed by atoms with E-state index in [1.54, 1.807) is 23.5 Å². The van der Waals surface area contributed by atoms with E-state index in [-0.39, 0.29) is 17.9 Å². The number of carbonyl (C=O) groups is 1. The molecule has 4 nitrogen and oxygen atoms in total. The summed E-state index contributed by atoms with van der Waals surface area (Å²) in [5.41, 5.74) is 0.876. The van der Waals surface area contributed by atoms with Gasteiger partial charge in [-0.1, -0.05) is 25.1 Å². The Morgan fingerprint density at radius 3 is 2.62 bits per heavy atom. The number of hydrogen-bond donors (Lipinski definition) is 2. The molecule has 140 valence electrons. The van der Waals surface area contributed by atoms with Crippen LogP contribution < -0.4 is 10.6 Å². The van der Waals surface area contributed by atoms with Crippen LogP contribution in [-0.2, 0) is 6.54 Å². The monoisotopic (exact) mass is 375 g/mol. The summed E-state index contributed by atoms with van der Waals surface area (Å²) >= 11 is 1.74. The maximum absolute atomic E-state index is 12.9. The maximum Gasteiger partial charge on any atom is 0.315 e. The van der Waals surface area contributed by atoms with Crippen LogP contribution in [0.3, 0.4) is 0 Å². The molecular formula is C20H26FN3OS. The highest BCUT2D eigenvalue weighted by Gasteiger charge is 2.25. The number of rotatable bonds is 6. The summed E-state index contributed by atoms with van der Waals surface area (Å²) in [6.45, 7) is 5.42. The Labute approximate surface area is 158 Å². The molecule has 0 spiro atoms. The van der Waals surface area contributed by atoms with E-state index in [0.717, 1.165) is 24.6 Å². The summed E-state index contributed by atoms with van der Waals surface area (Å²) in [7, 11) is 0. The third-order valence-corrected chi connectivity index (χ3v) is 5.93. The molecule has 1 aromatic carbocycles. The van der Waals surface area contributed by atoms with Gasteiger partial charge in [-0.15, -0.1) is 11.3 Å². The molecular weight excluding hydrogens is 349 g/mol. The molecule has 3 rings (SSSR count). The van der Waals surface area contributed by atoms with E-state index >= 15 is 0 Å². The van der Waals surface area contributed by atoms with E-state index in [9.17, 15) is 9.18 Å². The van der Waals surface area contributed by atoms with E-state index in [0.29, 0.717) is 13.1 Å². The van der Waals surface area contributed by atoms with Gasteiger partial charge in [0, 0.05) is 18.0 Å². The molecule has 0 radical (unpaired) electrons. The van der Waals surface area contributed by atoms with Crippen LogP contribution in [0.5, 0.6) is 0 Å². The molecule has 1 aliphatic rings.